The number of Topliss-reactive ketones (excluding diaryl/α,β-unsaturated/α-hetero) is 1. The second-order valence-corrected chi connectivity index (χ2v) is 7.46. The van der Waals surface area contributed by atoms with Gasteiger partial charge < -0.3 is 10.6 Å². The number of hydrogen-bond donors (Lipinski definition) is 2. The van der Waals surface area contributed by atoms with E-state index in [1.165, 1.54) is 11.3 Å². The minimum atomic E-state index is -4.43. The van der Waals surface area contributed by atoms with Crippen molar-refractivity contribution in [3.05, 3.63) is 75.7 Å². The molecule has 1 aromatic heterocycles. The summed E-state index contributed by atoms with van der Waals surface area (Å²) in [5.74, 6) is -0.0657. The van der Waals surface area contributed by atoms with Crippen molar-refractivity contribution in [1.29, 1.82) is 0 Å². The molecule has 0 bridgehead atoms. The average Bonchev–Trinajstić information content (AvgIpc) is 3.17. The van der Waals surface area contributed by atoms with Crippen molar-refractivity contribution in [3.8, 4) is 0 Å². The van der Waals surface area contributed by atoms with Crippen LogP contribution in [0.5, 0.6) is 0 Å². The van der Waals surface area contributed by atoms with Gasteiger partial charge in [-0.1, -0.05) is 12.1 Å². The van der Waals surface area contributed by atoms with E-state index < -0.39 is 11.7 Å². The van der Waals surface area contributed by atoms with Gasteiger partial charge in [0, 0.05) is 23.2 Å². The Bertz CT molecular complexity index is 1020. The molecule has 0 unspecified atom stereocenters. The number of ketones is 1. The van der Waals surface area contributed by atoms with Gasteiger partial charge in [-0.15, -0.1) is 11.3 Å². The molecule has 4 nitrogen and oxygen atoms in total. The number of aryl methyl sites for hydroxylation is 1. The lowest BCUT2D eigenvalue weighted by Gasteiger charge is -2.14. The Hall–Kier alpha value is -2.78. The molecule has 3 rings (SSSR count). The van der Waals surface area contributed by atoms with Crippen LogP contribution >= 0.6 is 23.6 Å². The summed E-state index contributed by atoms with van der Waals surface area (Å²) in [5.41, 5.74) is 3.51. The second kappa shape index (κ2) is 8.71. The summed E-state index contributed by atoms with van der Waals surface area (Å²) < 4.78 is 38.8. The summed E-state index contributed by atoms with van der Waals surface area (Å²) in [6.45, 7) is 1.59. The molecule has 9 heteroatoms. The zero-order chi connectivity index (χ0) is 21.0. The van der Waals surface area contributed by atoms with Gasteiger partial charge in [0.25, 0.3) is 0 Å². The van der Waals surface area contributed by atoms with Crippen molar-refractivity contribution in [2.45, 2.75) is 19.5 Å². The molecule has 1 heterocycles. The highest BCUT2D eigenvalue weighted by Crippen LogP contribution is 2.31. The first-order valence-electron chi connectivity index (χ1n) is 8.48. The molecule has 0 atom stereocenters. The number of halogens is 3. The predicted molar refractivity (Wildman–Crippen MR) is 113 cm³/mol. The standard InChI is InChI=1S/C20H16F3N3OS2/c1-12-6-14(20(21,22)23)9-16(7-12)26-19(28)25-15-4-2-13(3-5-15)8-18(27)17-10-29-11-24-17/h2-7,9-11H,8H2,1H3,(H2,25,26,28). The van der Waals surface area contributed by atoms with E-state index >= 15 is 0 Å². The lowest BCUT2D eigenvalue weighted by atomic mass is 10.1. The van der Waals surface area contributed by atoms with Crippen LogP contribution in [0.4, 0.5) is 24.5 Å². The van der Waals surface area contributed by atoms with Crippen LogP contribution in [0.2, 0.25) is 0 Å². The first kappa shape index (κ1) is 20.9. The molecule has 0 aliphatic heterocycles. The van der Waals surface area contributed by atoms with E-state index in [0.717, 1.165) is 17.7 Å². The highest BCUT2D eigenvalue weighted by molar-refractivity contribution is 7.80. The van der Waals surface area contributed by atoms with Crippen molar-refractivity contribution >= 4 is 45.8 Å². The van der Waals surface area contributed by atoms with Gasteiger partial charge in [0.15, 0.2) is 10.9 Å². The van der Waals surface area contributed by atoms with E-state index in [0.29, 0.717) is 16.9 Å². The molecule has 0 radical (unpaired) electrons. The fraction of sp³-hybridized carbons (Fsp3) is 0.150. The lowest BCUT2D eigenvalue weighted by Crippen LogP contribution is -2.19. The van der Waals surface area contributed by atoms with Gasteiger partial charge >= 0.3 is 6.18 Å². The maximum Gasteiger partial charge on any atom is 0.416 e. The molecule has 0 saturated carbocycles. The quantitative estimate of drug-likeness (QED) is 0.397. The molecule has 0 aliphatic rings. The summed E-state index contributed by atoms with van der Waals surface area (Å²) in [4.78, 5) is 16.1. The highest BCUT2D eigenvalue weighted by atomic mass is 32.1. The number of benzene rings is 2. The second-order valence-electron chi connectivity index (χ2n) is 6.34. The topological polar surface area (TPSA) is 54.0 Å². The third-order valence-electron chi connectivity index (χ3n) is 3.96. The van der Waals surface area contributed by atoms with Gasteiger partial charge in [-0.25, -0.2) is 4.98 Å². The Morgan fingerprint density at radius 1 is 1.10 bits per heavy atom. The van der Waals surface area contributed by atoms with Crippen LogP contribution in [-0.2, 0) is 12.6 Å². The fourth-order valence-corrected chi connectivity index (χ4v) is 3.44. The van der Waals surface area contributed by atoms with Crippen LogP contribution in [0.1, 0.15) is 27.2 Å². The summed E-state index contributed by atoms with van der Waals surface area (Å²) in [6, 6.07) is 10.7. The molecule has 2 N–H and O–H groups in total. The number of thiocarbonyl (C=S) groups is 1. The van der Waals surface area contributed by atoms with E-state index in [1.54, 1.807) is 48.1 Å². The lowest BCUT2D eigenvalue weighted by molar-refractivity contribution is -0.137. The number of anilines is 2. The zero-order valence-corrected chi connectivity index (χ0v) is 16.8. The van der Waals surface area contributed by atoms with E-state index in [-0.39, 0.29) is 23.0 Å². The molecular formula is C20H16F3N3OS2. The number of alkyl halides is 3. The smallest absolute Gasteiger partial charge is 0.332 e. The number of carbonyl (C=O) groups is 1. The van der Waals surface area contributed by atoms with Crippen molar-refractivity contribution in [1.82, 2.24) is 4.98 Å². The summed E-state index contributed by atoms with van der Waals surface area (Å²) in [7, 11) is 0. The first-order valence-corrected chi connectivity index (χ1v) is 9.83. The van der Waals surface area contributed by atoms with Crippen molar-refractivity contribution in [2.75, 3.05) is 10.6 Å². The van der Waals surface area contributed by atoms with Crippen LogP contribution in [0.25, 0.3) is 0 Å². The average molecular weight is 435 g/mol. The van der Waals surface area contributed by atoms with Crippen molar-refractivity contribution < 1.29 is 18.0 Å². The van der Waals surface area contributed by atoms with Crippen LogP contribution in [0, 0.1) is 6.92 Å². The molecular weight excluding hydrogens is 419 g/mol. The van der Waals surface area contributed by atoms with E-state index in [4.69, 9.17) is 12.2 Å². The zero-order valence-electron chi connectivity index (χ0n) is 15.2. The van der Waals surface area contributed by atoms with Gasteiger partial charge in [-0.3, -0.25) is 4.79 Å². The third-order valence-corrected chi connectivity index (χ3v) is 4.75. The molecule has 29 heavy (non-hydrogen) atoms. The Kier molecular flexibility index (Phi) is 6.29. The van der Waals surface area contributed by atoms with E-state index in [1.807, 2.05) is 0 Å². The molecule has 150 valence electrons. The van der Waals surface area contributed by atoms with Crippen LogP contribution in [0.15, 0.2) is 53.4 Å². The Morgan fingerprint density at radius 2 is 1.79 bits per heavy atom. The van der Waals surface area contributed by atoms with E-state index in [9.17, 15) is 18.0 Å². The molecule has 0 aliphatic carbocycles. The van der Waals surface area contributed by atoms with Gasteiger partial charge in [0.1, 0.15) is 5.69 Å². The Balaban J connectivity index is 1.61. The monoisotopic (exact) mass is 435 g/mol. The fourth-order valence-electron chi connectivity index (χ4n) is 2.64. The van der Waals surface area contributed by atoms with Gasteiger partial charge in [-0.05, 0) is 60.6 Å². The van der Waals surface area contributed by atoms with Crippen LogP contribution in [-0.4, -0.2) is 15.9 Å². The summed E-state index contributed by atoms with van der Waals surface area (Å²) in [5, 5.41) is 7.56. The minimum absolute atomic E-state index is 0.0657. The number of nitrogens with zero attached hydrogens (tertiary/aromatic N) is 1. The molecule has 0 fully saturated rings. The van der Waals surface area contributed by atoms with Gasteiger partial charge in [0.2, 0.25) is 0 Å². The molecule has 2 aromatic carbocycles. The van der Waals surface area contributed by atoms with Gasteiger partial charge in [-0.2, -0.15) is 13.2 Å². The van der Waals surface area contributed by atoms with Crippen LogP contribution in [0.3, 0.4) is 0 Å². The van der Waals surface area contributed by atoms with Crippen molar-refractivity contribution in [2.24, 2.45) is 0 Å². The number of hydrogen-bond acceptors (Lipinski definition) is 4. The number of aromatic nitrogens is 1. The Labute approximate surface area is 174 Å². The maximum absolute atomic E-state index is 12.9. The maximum atomic E-state index is 12.9. The number of carbonyl (C=O) groups excluding carboxylic acids is 1. The number of rotatable bonds is 5. The summed E-state index contributed by atoms with van der Waals surface area (Å²) >= 11 is 6.56. The number of thiazole rings is 1. The van der Waals surface area contributed by atoms with E-state index in [2.05, 4.69) is 15.6 Å². The molecule has 0 spiro atoms. The summed E-state index contributed by atoms with van der Waals surface area (Å²) in [6.07, 6.45) is -4.19. The first-order chi connectivity index (χ1) is 13.7. The highest BCUT2D eigenvalue weighted by Gasteiger charge is 2.31. The Morgan fingerprint density at radius 3 is 2.41 bits per heavy atom. The number of nitrogens with one attached hydrogen (secondary N) is 2. The molecule has 3 aromatic rings. The largest absolute Gasteiger partial charge is 0.416 e. The third kappa shape index (κ3) is 5.85. The van der Waals surface area contributed by atoms with Crippen molar-refractivity contribution in [3.63, 3.8) is 0 Å². The predicted octanol–water partition coefficient (Wildman–Crippen LogP) is 5.70. The normalized spacial score (nSPS) is 11.2. The minimum Gasteiger partial charge on any atom is -0.332 e. The molecule has 0 amide bonds. The SMILES string of the molecule is Cc1cc(NC(=S)Nc2ccc(CC(=O)c3cscn3)cc2)cc(C(F)(F)F)c1. The molecule has 0 saturated heterocycles. The van der Waals surface area contributed by atoms with Crippen LogP contribution < -0.4 is 10.6 Å². The van der Waals surface area contributed by atoms with Gasteiger partial charge in [0.05, 0.1) is 11.1 Å².